The fraction of sp³-hybridized carbons (Fsp3) is 0.300. The molecule has 3 aromatic carbocycles. The molecular weight excluding hydrogens is 502 g/mol. The number of carbonyl (C=O) groups is 2. The summed E-state index contributed by atoms with van der Waals surface area (Å²) in [5.74, 6) is -2.84. The number of aryl methyl sites for hydroxylation is 1. The third-order valence-electron chi connectivity index (χ3n) is 6.36. The van der Waals surface area contributed by atoms with Gasteiger partial charge in [-0.2, -0.15) is 5.26 Å². The molecule has 0 aromatic heterocycles. The molecule has 0 spiro atoms. The second-order valence-electron chi connectivity index (χ2n) is 9.28. The zero-order valence-electron chi connectivity index (χ0n) is 21.7. The minimum Gasteiger partial charge on any atom is -0.390 e. The number of aliphatic hydroxyl groups excluding tert-OH is 1. The number of halogens is 2. The summed E-state index contributed by atoms with van der Waals surface area (Å²) in [6, 6.07) is 18.3. The Kier molecular flexibility index (Phi) is 10.7. The zero-order valence-corrected chi connectivity index (χ0v) is 21.7. The summed E-state index contributed by atoms with van der Waals surface area (Å²) in [7, 11) is 0. The Labute approximate surface area is 226 Å². The van der Waals surface area contributed by atoms with Crippen molar-refractivity contribution in [2.45, 2.75) is 51.3 Å². The predicted molar refractivity (Wildman–Crippen MR) is 144 cm³/mol. The fourth-order valence-electron chi connectivity index (χ4n) is 4.46. The molecule has 0 bridgehead atoms. The lowest BCUT2D eigenvalue weighted by Gasteiger charge is -2.36. The van der Waals surface area contributed by atoms with Gasteiger partial charge in [-0.25, -0.2) is 8.78 Å². The summed E-state index contributed by atoms with van der Waals surface area (Å²) in [6.07, 6.45) is -0.968. The molecule has 3 aromatic rings. The van der Waals surface area contributed by atoms with Crippen molar-refractivity contribution in [3.8, 4) is 6.07 Å². The minimum absolute atomic E-state index is 0.0349. The van der Waals surface area contributed by atoms with Crippen LogP contribution in [0.3, 0.4) is 0 Å². The Morgan fingerprint density at radius 2 is 1.69 bits per heavy atom. The van der Waals surface area contributed by atoms with Crippen molar-refractivity contribution in [2.24, 2.45) is 5.73 Å². The lowest BCUT2D eigenvalue weighted by Crippen LogP contribution is -2.52. The second kappa shape index (κ2) is 14.1. The lowest BCUT2D eigenvalue weighted by molar-refractivity contribution is -0.124. The van der Waals surface area contributed by atoms with Crippen LogP contribution in [-0.4, -0.2) is 35.6 Å². The molecule has 0 radical (unpaired) electrons. The first-order valence-electron chi connectivity index (χ1n) is 12.7. The lowest BCUT2D eigenvalue weighted by atomic mass is 9.96. The maximum atomic E-state index is 14.1. The van der Waals surface area contributed by atoms with Gasteiger partial charge >= 0.3 is 0 Å². The summed E-state index contributed by atoms with van der Waals surface area (Å²) >= 11 is 0. The number of hydrogen-bond acceptors (Lipinski definition) is 5. The van der Waals surface area contributed by atoms with Crippen LogP contribution in [0.4, 0.5) is 14.5 Å². The number of anilines is 1. The highest BCUT2D eigenvalue weighted by molar-refractivity contribution is 5.97. The van der Waals surface area contributed by atoms with Crippen LogP contribution in [-0.2, 0) is 29.0 Å². The quantitative estimate of drug-likeness (QED) is 0.309. The van der Waals surface area contributed by atoms with Crippen molar-refractivity contribution in [3.05, 3.63) is 101 Å². The van der Waals surface area contributed by atoms with Gasteiger partial charge in [0.1, 0.15) is 17.7 Å². The number of nitriles is 1. The normalized spacial score (nSPS) is 12.4. The summed E-state index contributed by atoms with van der Waals surface area (Å²) in [5.41, 5.74) is 8.04. The van der Waals surface area contributed by atoms with Crippen LogP contribution in [0.25, 0.3) is 0 Å². The number of primary amides is 1. The molecule has 0 saturated heterocycles. The number of amides is 2. The zero-order chi connectivity index (χ0) is 28.4. The SMILES string of the molecule is CCc1cccc(CNC[C@@H](O)[C@H](Cc2cc(F)cc(F)c2)N(C(=O)CCC(N)=O)c2ccccc2C#N)c1. The molecule has 7 nitrogen and oxygen atoms in total. The van der Waals surface area contributed by atoms with E-state index in [9.17, 15) is 28.7 Å². The third kappa shape index (κ3) is 8.43. The predicted octanol–water partition coefficient (Wildman–Crippen LogP) is 3.76. The molecular formula is C30H32F2N4O3. The molecule has 39 heavy (non-hydrogen) atoms. The number of nitrogens with zero attached hydrogens (tertiary/aromatic N) is 2. The van der Waals surface area contributed by atoms with Gasteiger partial charge in [0.15, 0.2) is 0 Å². The molecule has 0 fully saturated rings. The molecule has 9 heteroatoms. The van der Waals surface area contributed by atoms with Gasteiger partial charge in [0.2, 0.25) is 11.8 Å². The summed E-state index contributed by atoms with van der Waals surface area (Å²) < 4.78 is 28.1. The number of nitrogens with two attached hydrogens (primary N) is 1. The molecule has 204 valence electrons. The fourth-order valence-corrected chi connectivity index (χ4v) is 4.46. The van der Waals surface area contributed by atoms with Crippen molar-refractivity contribution in [1.29, 1.82) is 5.26 Å². The van der Waals surface area contributed by atoms with E-state index in [2.05, 4.69) is 18.3 Å². The molecule has 0 aliphatic heterocycles. The molecule has 0 aliphatic rings. The number of nitrogens with one attached hydrogen (secondary N) is 1. The highest BCUT2D eigenvalue weighted by Crippen LogP contribution is 2.27. The van der Waals surface area contributed by atoms with E-state index in [0.717, 1.165) is 30.2 Å². The number of benzene rings is 3. The van der Waals surface area contributed by atoms with Crippen LogP contribution in [0.1, 0.15) is 42.0 Å². The highest BCUT2D eigenvalue weighted by atomic mass is 19.1. The summed E-state index contributed by atoms with van der Waals surface area (Å²) in [4.78, 5) is 26.2. The summed E-state index contributed by atoms with van der Waals surface area (Å²) in [5, 5.41) is 24.3. The number of aliphatic hydroxyl groups is 1. The van der Waals surface area contributed by atoms with Crippen LogP contribution < -0.4 is 16.0 Å². The molecule has 3 rings (SSSR count). The van der Waals surface area contributed by atoms with E-state index in [-0.39, 0.29) is 42.6 Å². The van der Waals surface area contributed by atoms with Crippen LogP contribution in [0, 0.1) is 23.0 Å². The van der Waals surface area contributed by atoms with Crippen LogP contribution in [0.15, 0.2) is 66.7 Å². The van der Waals surface area contributed by atoms with Gasteiger partial charge in [0, 0.05) is 32.0 Å². The number of hydrogen-bond donors (Lipinski definition) is 3. The standard InChI is InChI=1S/C30H32F2N4O3/c1-2-20-6-5-7-21(12-20)18-35-19-28(37)27(15-22-13-24(31)16-25(32)14-22)36(30(39)11-10-29(34)38)26-9-4-3-8-23(26)17-33/h3-9,12-14,16,27-28,35,37H,2,10-11,15,18-19H2,1H3,(H2,34,38)/t27-,28+/m0/s1. The van der Waals surface area contributed by atoms with E-state index < -0.39 is 35.6 Å². The van der Waals surface area contributed by atoms with Crippen LogP contribution in [0.5, 0.6) is 0 Å². The maximum Gasteiger partial charge on any atom is 0.227 e. The van der Waals surface area contributed by atoms with E-state index in [0.29, 0.717) is 6.54 Å². The molecule has 4 N–H and O–H groups in total. The van der Waals surface area contributed by atoms with E-state index in [1.165, 1.54) is 16.5 Å². The monoisotopic (exact) mass is 534 g/mol. The largest absolute Gasteiger partial charge is 0.390 e. The van der Waals surface area contributed by atoms with Crippen molar-refractivity contribution in [3.63, 3.8) is 0 Å². The van der Waals surface area contributed by atoms with E-state index >= 15 is 0 Å². The first kappa shape index (κ1) is 29.4. The van der Waals surface area contributed by atoms with Gasteiger partial charge < -0.3 is 21.1 Å². The van der Waals surface area contributed by atoms with Gasteiger partial charge in [-0.05, 0) is 53.8 Å². The van der Waals surface area contributed by atoms with Gasteiger partial charge in [-0.3, -0.25) is 9.59 Å². The van der Waals surface area contributed by atoms with E-state index in [1.807, 2.05) is 24.3 Å². The van der Waals surface area contributed by atoms with Crippen molar-refractivity contribution >= 4 is 17.5 Å². The van der Waals surface area contributed by atoms with Gasteiger partial charge in [-0.15, -0.1) is 0 Å². The van der Waals surface area contributed by atoms with Crippen LogP contribution in [0.2, 0.25) is 0 Å². The van der Waals surface area contributed by atoms with E-state index in [1.54, 1.807) is 18.2 Å². The Bertz CT molecular complexity index is 1320. The molecule has 0 saturated carbocycles. The first-order chi connectivity index (χ1) is 18.7. The van der Waals surface area contributed by atoms with E-state index in [4.69, 9.17) is 5.73 Å². The number of carbonyl (C=O) groups excluding carboxylic acids is 2. The van der Waals surface area contributed by atoms with Crippen molar-refractivity contribution in [2.75, 3.05) is 11.4 Å². The minimum atomic E-state index is -1.21. The van der Waals surface area contributed by atoms with Gasteiger partial charge in [0.05, 0.1) is 23.4 Å². The second-order valence-corrected chi connectivity index (χ2v) is 9.28. The number of rotatable bonds is 13. The average Bonchev–Trinajstić information content (AvgIpc) is 2.91. The molecule has 2 atom stereocenters. The van der Waals surface area contributed by atoms with Crippen LogP contribution >= 0.6 is 0 Å². The Balaban J connectivity index is 1.97. The Morgan fingerprint density at radius 1 is 1.00 bits per heavy atom. The Morgan fingerprint density at radius 3 is 2.36 bits per heavy atom. The molecule has 0 heterocycles. The molecule has 0 unspecified atom stereocenters. The van der Waals surface area contributed by atoms with Crippen molar-refractivity contribution < 1.29 is 23.5 Å². The van der Waals surface area contributed by atoms with Gasteiger partial charge in [-0.1, -0.05) is 43.3 Å². The number of para-hydroxylation sites is 1. The maximum absolute atomic E-state index is 14.1. The summed E-state index contributed by atoms with van der Waals surface area (Å²) in [6.45, 7) is 2.53. The topological polar surface area (TPSA) is 119 Å². The third-order valence-corrected chi connectivity index (χ3v) is 6.36. The first-order valence-corrected chi connectivity index (χ1v) is 12.7. The highest BCUT2D eigenvalue weighted by Gasteiger charge is 2.33. The molecule has 2 amide bonds. The average molecular weight is 535 g/mol. The smallest absolute Gasteiger partial charge is 0.227 e. The Hall–Kier alpha value is -4.13. The molecule has 0 aliphatic carbocycles. The van der Waals surface area contributed by atoms with Gasteiger partial charge in [0.25, 0.3) is 0 Å². The van der Waals surface area contributed by atoms with Crippen molar-refractivity contribution in [1.82, 2.24) is 5.32 Å².